The Morgan fingerprint density at radius 3 is 1.93 bits per heavy atom. The second-order valence-electron chi connectivity index (χ2n) is 5.35. The molecule has 1 aromatic heterocycles. The van der Waals surface area contributed by atoms with E-state index in [4.69, 9.17) is 5.26 Å². The van der Waals surface area contributed by atoms with Crippen molar-refractivity contribution in [3.8, 4) is 17.3 Å². The minimum atomic E-state index is 0. The molecule has 30 heavy (non-hydrogen) atoms. The van der Waals surface area contributed by atoms with Gasteiger partial charge >= 0.3 is 188 Å². The summed E-state index contributed by atoms with van der Waals surface area (Å²) >= 11 is 1.50. The number of thiol groups is 2. The number of hydrogen-bond donors (Lipinski definition) is 0. The first-order chi connectivity index (χ1) is 12.7. The zero-order valence-corrected chi connectivity index (χ0v) is 30.2. The van der Waals surface area contributed by atoms with E-state index >= 15 is 0 Å². The number of benzene rings is 2. The number of allylic oxidation sites excluding steroid dienone is 3. The van der Waals surface area contributed by atoms with Gasteiger partial charge < -0.3 is 27.0 Å². The summed E-state index contributed by atoms with van der Waals surface area (Å²) in [5.74, 6) is 0. The van der Waals surface area contributed by atoms with E-state index in [1.54, 1.807) is 0 Å². The van der Waals surface area contributed by atoms with E-state index < -0.39 is 0 Å². The van der Waals surface area contributed by atoms with E-state index in [0.29, 0.717) is 25.8 Å². The maximum atomic E-state index is 8.52. The van der Waals surface area contributed by atoms with Gasteiger partial charge in [0.05, 0.1) is 0 Å². The minimum absolute atomic E-state index is 0. The average Bonchev–Trinajstić information content (AvgIpc) is 2.70. The van der Waals surface area contributed by atoms with Gasteiger partial charge in [-0.05, 0) is 0 Å². The number of hydrogen-bond acceptors (Lipinski definition) is 4. The molecule has 0 saturated carbocycles. The van der Waals surface area contributed by atoms with Crippen molar-refractivity contribution in [2.45, 2.75) is 0 Å². The molecule has 2 aromatic carbocycles. The Hall–Kier alpha value is -0.0358. The van der Waals surface area contributed by atoms with Gasteiger partial charge in [-0.3, -0.25) is 0 Å². The van der Waals surface area contributed by atoms with Crippen molar-refractivity contribution in [3.05, 3.63) is 99.8 Å². The summed E-state index contributed by atoms with van der Waals surface area (Å²) in [4.78, 5) is 4.39. The van der Waals surface area contributed by atoms with Crippen LogP contribution in [-0.2, 0) is 27.0 Å². The molecule has 2 nitrogen and oxygen atoms in total. The first kappa shape index (κ1) is 34.6. The summed E-state index contributed by atoms with van der Waals surface area (Å²) in [7, 11) is 0. The van der Waals surface area contributed by atoms with Crippen molar-refractivity contribution >= 4 is 108 Å². The number of pyridine rings is 1. The van der Waals surface area contributed by atoms with Crippen LogP contribution in [0.15, 0.2) is 94.3 Å². The van der Waals surface area contributed by atoms with Crippen LogP contribution in [0.25, 0.3) is 17.3 Å². The third-order valence-corrected chi connectivity index (χ3v) is 5.93. The van der Waals surface area contributed by atoms with Gasteiger partial charge in [-0.25, -0.2) is 0 Å². The fraction of sp³-hybridized carbons (Fsp3) is 0. The number of nitrogens with zero attached hydrogens (tertiary/aromatic N) is 2. The monoisotopic (exact) mass is 852 g/mol. The molecule has 0 bridgehead atoms. The van der Waals surface area contributed by atoms with Crippen molar-refractivity contribution < 1.29 is 0 Å². The van der Waals surface area contributed by atoms with Gasteiger partial charge in [-0.1, -0.05) is 0 Å². The second-order valence-corrected chi connectivity index (χ2v) is 10.4. The summed E-state index contributed by atoms with van der Waals surface area (Å²) in [5, 5.41) is 8.52. The van der Waals surface area contributed by atoms with Crippen molar-refractivity contribution in [2.24, 2.45) is 0 Å². The van der Waals surface area contributed by atoms with E-state index in [2.05, 4.69) is 35.3 Å². The molecule has 0 saturated heterocycles. The molecule has 1 heterocycles. The second kappa shape index (κ2) is 20.8. The third-order valence-electron chi connectivity index (χ3n) is 3.35. The molecule has 0 N–H and O–H groups in total. The average molecular weight is 851 g/mol. The van der Waals surface area contributed by atoms with Crippen LogP contribution in [-0.4, -0.2) is 56.5 Å². The molecule has 0 aliphatic carbocycles. The molecule has 2 atom stereocenters. The quantitative estimate of drug-likeness (QED) is 0.101. The Morgan fingerprint density at radius 1 is 0.867 bits per heavy atom. The fourth-order valence-corrected chi connectivity index (χ4v) is 3.15. The van der Waals surface area contributed by atoms with Gasteiger partial charge in [0.25, 0.3) is 0 Å². The molecular weight excluding hydrogens is 827 g/mol. The molecule has 0 spiro atoms. The Bertz CT molecular complexity index is 915. The van der Waals surface area contributed by atoms with Gasteiger partial charge in [0.15, 0.2) is 0 Å². The molecular formula is C22H24N2P2S2Tl2-2. The summed E-state index contributed by atoms with van der Waals surface area (Å²) in [6.07, 6.45) is 7.76. The van der Waals surface area contributed by atoms with E-state index in [0.717, 1.165) is 40.2 Å². The zero-order valence-electron chi connectivity index (χ0n) is 16.6. The summed E-state index contributed by atoms with van der Waals surface area (Å²) in [6.45, 7) is 0. The molecule has 0 amide bonds. The molecule has 3 aromatic rings. The predicted octanol–water partition coefficient (Wildman–Crippen LogP) is 3.39. The molecule has 152 valence electrons. The van der Waals surface area contributed by atoms with E-state index in [-0.39, 0.29) is 46.8 Å². The number of nitriles is 1. The summed E-state index contributed by atoms with van der Waals surface area (Å²) in [5.41, 5.74) is 3.41. The van der Waals surface area contributed by atoms with Crippen molar-refractivity contribution in [1.29, 1.82) is 5.26 Å². The van der Waals surface area contributed by atoms with Crippen LogP contribution in [0.1, 0.15) is 5.56 Å². The Balaban J connectivity index is -0.000000429. The van der Waals surface area contributed by atoms with E-state index in [1.807, 2.05) is 73.0 Å². The molecule has 0 radical (unpaired) electrons. The number of rotatable bonds is 3. The van der Waals surface area contributed by atoms with Crippen LogP contribution in [0, 0.1) is 11.3 Å². The first-order valence-corrected chi connectivity index (χ1v) is 12.5. The first-order valence-electron chi connectivity index (χ1n) is 8.05. The van der Waals surface area contributed by atoms with Gasteiger partial charge in [-0.2, -0.15) is 19.8 Å². The van der Waals surface area contributed by atoms with Crippen LogP contribution in [0.2, 0.25) is 0 Å². The SMILES string of the molecule is N#C/[C]([Tl])=C\C=C\c1ccccc1.P.P.[SH-].[SH-].[Tl][c]1ccc(-c2ccccc2)nc1. The summed E-state index contributed by atoms with van der Waals surface area (Å²) < 4.78 is 2.24. The Morgan fingerprint density at radius 2 is 1.43 bits per heavy atom. The van der Waals surface area contributed by atoms with Gasteiger partial charge in [0.2, 0.25) is 0 Å². The van der Waals surface area contributed by atoms with Crippen LogP contribution in [0.4, 0.5) is 0 Å². The van der Waals surface area contributed by atoms with Crippen LogP contribution in [0.3, 0.4) is 0 Å². The van der Waals surface area contributed by atoms with E-state index in [1.165, 1.54) is 8.69 Å². The van der Waals surface area contributed by atoms with Gasteiger partial charge in [-0.15, -0.1) is 0 Å². The predicted molar refractivity (Wildman–Crippen MR) is 150 cm³/mol. The topological polar surface area (TPSA) is 36.7 Å². The zero-order chi connectivity index (χ0) is 18.6. The Kier molecular flexibility index (Phi) is 24.0. The third kappa shape index (κ3) is 14.1. The molecule has 2 unspecified atom stereocenters. The number of aromatic nitrogens is 1. The molecule has 0 aliphatic heterocycles. The Labute approximate surface area is 232 Å². The molecule has 3 rings (SSSR count). The summed E-state index contributed by atoms with van der Waals surface area (Å²) in [6, 6.07) is 26.7. The standard InChI is InChI=1S/2C11H8N.2H3P.2H2S.2Tl/c1-2-6-10(7-3-1)11-8-4-5-9-12-11;12-10-6-2-5-9-11-7-3-1-4-8-11;;;;;;/h1-4,6-9H;1-5,7-9H;2*1H3;2*1H2;;/p-2/b;6-2?,9-5+;;;;;;. The normalized spacial score (nSPS) is 9.17. The van der Waals surface area contributed by atoms with Gasteiger partial charge in [0, 0.05) is 0 Å². The van der Waals surface area contributed by atoms with E-state index in [9.17, 15) is 0 Å². The molecule has 0 fully saturated rings. The van der Waals surface area contributed by atoms with Crippen LogP contribution in [0.5, 0.6) is 0 Å². The molecule has 0 aliphatic rings. The molecule has 8 heteroatoms. The maximum absolute atomic E-state index is 8.52. The van der Waals surface area contributed by atoms with Crippen molar-refractivity contribution in [2.75, 3.05) is 0 Å². The van der Waals surface area contributed by atoms with Crippen molar-refractivity contribution in [1.82, 2.24) is 4.98 Å². The fourth-order valence-electron chi connectivity index (χ4n) is 2.05. The van der Waals surface area contributed by atoms with Gasteiger partial charge in [0.1, 0.15) is 0 Å². The van der Waals surface area contributed by atoms with Crippen molar-refractivity contribution in [3.63, 3.8) is 0 Å². The van der Waals surface area contributed by atoms with Crippen LogP contribution < -0.4 is 3.12 Å². The van der Waals surface area contributed by atoms with Crippen LogP contribution >= 0.6 is 19.8 Å².